The summed E-state index contributed by atoms with van der Waals surface area (Å²) in [5, 5.41) is 9.45. The first-order valence-corrected chi connectivity index (χ1v) is 7.29. The van der Waals surface area contributed by atoms with Crippen LogP contribution in [0.25, 0.3) is 0 Å². The minimum Gasteiger partial charge on any atom is -0.391 e. The maximum absolute atomic E-state index is 12.1. The van der Waals surface area contributed by atoms with Crippen molar-refractivity contribution in [2.24, 2.45) is 0 Å². The first-order valence-electron chi connectivity index (χ1n) is 7.29. The first kappa shape index (κ1) is 13.8. The highest BCUT2D eigenvalue weighted by molar-refractivity contribution is 5.80. The van der Waals surface area contributed by atoms with Crippen LogP contribution < -0.4 is 0 Å². The standard InChI is InChI=1S/C14H25NO3/c1-11(14(17)15-9-8-12(16)10-15)18-13-6-4-2-3-5-7-13/h11-13,16H,2-10H2,1H3/t11?,12-/m1/s1. The normalized spacial score (nSPS) is 28.1. The van der Waals surface area contributed by atoms with Gasteiger partial charge in [-0.3, -0.25) is 4.79 Å². The van der Waals surface area contributed by atoms with Crippen LogP contribution in [-0.2, 0) is 9.53 Å². The number of ether oxygens (including phenoxy) is 1. The molecule has 1 unspecified atom stereocenters. The third kappa shape index (κ3) is 3.69. The molecule has 104 valence electrons. The van der Waals surface area contributed by atoms with E-state index in [4.69, 9.17) is 4.74 Å². The van der Waals surface area contributed by atoms with Crippen molar-refractivity contribution in [3.05, 3.63) is 0 Å². The third-order valence-corrected chi connectivity index (χ3v) is 4.02. The van der Waals surface area contributed by atoms with E-state index in [1.54, 1.807) is 4.90 Å². The molecule has 1 saturated carbocycles. The molecule has 2 rings (SSSR count). The van der Waals surface area contributed by atoms with E-state index in [0.29, 0.717) is 19.5 Å². The fourth-order valence-corrected chi connectivity index (χ4v) is 2.92. The summed E-state index contributed by atoms with van der Waals surface area (Å²) in [6.45, 7) is 2.98. The molecule has 1 aliphatic heterocycles. The lowest BCUT2D eigenvalue weighted by molar-refractivity contribution is -0.146. The molecule has 0 bridgehead atoms. The number of carbonyl (C=O) groups is 1. The zero-order valence-electron chi connectivity index (χ0n) is 11.3. The Hall–Kier alpha value is -0.610. The molecule has 0 spiro atoms. The average molecular weight is 255 g/mol. The number of nitrogens with zero attached hydrogens (tertiary/aromatic N) is 1. The van der Waals surface area contributed by atoms with Crippen LogP contribution in [0.1, 0.15) is 51.9 Å². The Balaban J connectivity index is 1.79. The van der Waals surface area contributed by atoms with Gasteiger partial charge in [0.05, 0.1) is 12.2 Å². The van der Waals surface area contributed by atoms with Crippen LogP contribution in [0.5, 0.6) is 0 Å². The van der Waals surface area contributed by atoms with Crippen LogP contribution >= 0.6 is 0 Å². The Kier molecular flexibility index (Phi) is 5.01. The second-order valence-electron chi connectivity index (χ2n) is 5.62. The topological polar surface area (TPSA) is 49.8 Å². The summed E-state index contributed by atoms with van der Waals surface area (Å²) < 4.78 is 5.91. The number of carbonyl (C=O) groups excluding carboxylic acids is 1. The maximum Gasteiger partial charge on any atom is 0.251 e. The SMILES string of the molecule is CC(OC1CCCCCC1)C(=O)N1CC[C@@H](O)C1. The lowest BCUT2D eigenvalue weighted by Crippen LogP contribution is -2.39. The summed E-state index contributed by atoms with van der Waals surface area (Å²) in [5.74, 6) is 0.0378. The van der Waals surface area contributed by atoms with E-state index in [-0.39, 0.29) is 24.2 Å². The fourth-order valence-electron chi connectivity index (χ4n) is 2.92. The van der Waals surface area contributed by atoms with Crippen LogP contribution in [0.4, 0.5) is 0 Å². The molecule has 0 radical (unpaired) electrons. The van der Waals surface area contributed by atoms with Crippen molar-refractivity contribution in [3.8, 4) is 0 Å². The van der Waals surface area contributed by atoms with Crippen molar-refractivity contribution in [1.29, 1.82) is 0 Å². The molecular weight excluding hydrogens is 230 g/mol. The minimum atomic E-state index is -0.363. The fraction of sp³-hybridized carbons (Fsp3) is 0.929. The summed E-state index contributed by atoms with van der Waals surface area (Å²) in [6.07, 6.45) is 7.42. The highest BCUT2D eigenvalue weighted by atomic mass is 16.5. The lowest BCUT2D eigenvalue weighted by atomic mass is 10.1. The monoisotopic (exact) mass is 255 g/mol. The Morgan fingerprint density at radius 3 is 2.44 bits per heavy atom. The Bertz CT molecular complexity index is 274. The summed E-state index contributed by atoms with van der Waals surface area (Å²) in [6, 6.07) is 0. The van der Waals surface area contributed by atoms with Gasteiger partial charge < -0.3 is 14.7 Å². The van der Waals surface area contributed by atoms with Crippen LogP contribution in [0.15, 0.2) is 0 Å². The first-order chi connectivity index (χ1) is 8.66. The molecule has 2 atom stereocenters. The number of hydrogen-bond donors (Lipinski definition) is 1. The Labute approximate surface area is 109 Å². The van der Waals surface area contributed by atoms with Gasteiger partial charge in [0.25, 0.3) is 5.91 Å². The number of β-amino-alcohol motifs (C(OH)–C–C–N with tert-alkyl or cyclic N) is 1. The van der Waals surface area contributed by atoms with Gasteiger partial charge in [0, 0.05) is 13.1 Å². The van der Waals surface area contributed by atoms with Gasteiger partial charge in [-0.25, -0.2) is 0 Å². The van der Waals surface area contributed by atoms with E-state index in [9.17, 15) is 9.90 Å². The molecule has 18 heavy (non-hydrogen) atoms. The minimum absolute atomic E-state index is 0.0378. The van der Waals surface area contributed by atoms with Gasteiger partial charge in [-0.05, 0) is 26.2 Å². The zero-order valence-corrected chi connectivity index (χ0v) is 11.3. The van der Waals surface area contributed by atoms with Crippen LogP contribution in [0.3, 0.4) is 0 Å². The second-order valence-corrected chi connectivity index (χ2v) is 5.62. The number of hydrogen-bond acceptors (Lipinski definition) is 3. The smallest absolute Gasteiger partial charge is 0.251 e. The maximum atomic E-state index is 12.1. The van der Waals surface area contributed by atoms with Crippen molar-refractivity contribution in [2.45, 2.75) is 70.2 Å². The van der Waals surface area contributed by atoms with Crippen LogP contribution in [-0.4, -0.2) is 47.3 Å². The molecule has 2 fully saturated rings. The molecule has 2 aliphatic rings. The summed E-state index contributed by atoms with van der Waals surface area (Å²) >= 11 is 0. The number of amides is 1. The Morgan fingerprint density at radius 2 is 1.89 bits per heavy atom. The average Bonchev–Trinajstić information content (AvgIpc) is 2.62. The van der Waals surface area contributed by atoms with Crippen molar-refractivity contribution in [1.82, 2.24) is 4.90 Å². The summed E-state index contributed by atoms with van der Waals surface area (Å²) in [7, 11) is 0. The lowest BCUT2D eigenvalue weighted by Gasteiger charge is -2.24. The number of rotatable bonds is 3. The van der Waals surface area contributed by atoms with Crippen LogP contribution in [0.2, 0.25) is 0 Å². The number of aliphatic hydroxyl groups is 1. The van der Waals surface area contributed by atoms with Gasteiger partial charge in [-0.2, -0.15) is 0 Å². The highest BCUT2D eigenvalue weighted by Crippen LogP contribution is 2.22. The molecule has 0 aromatic carbocycles. The molecule has 0 aromatic rings. The quantitative estimate of drug-likeness (QED) is 0.781. The van der Waals surface area contributed by atoms with E-state index in [2.05, 4.69) is 0 Å². The molecule has 0 aromatic heterocycles. The molecule has 1 amide bonds. The van der Waals surface area contributed by atoms with E-state index in [1.807, 2.05) is 6.92 Å². The molecular formula is C14H25NO3. The largest absolute Gasteiger partial charge is 0.391 e. The molecule has 1 saturated heterocycles. The highest BCUT2D eigenvalue weighted by Gasteiger charge is 2.29. The van der Waals surface area contributed by atoms with Gasteiger partial charge in [0.2, 0.25) is 0 Å². The van der Waals surface area contributed by atoms with E-state index in [0.717, 1.165) is 12.8 Å². The molecule has 1 heterocycles. The third-order valence-electron chi connectivity index (χ3n) is 4.02. The van der Waals surface area contributed by atoms with E-state index < -0.39 is 0 Å². The van der Waals surface area contributed by atoms with E-state index in [1.165, 1.54) is 25.7 Å². The molecule has 4 nitrogen and oxygen atoms in total. The van der Waals surface area contributed by atoms with Crippen LogP contribution in [0, 0.1) is 0 Å². The second kappa shape index (κ2) is 6.53. The van der Waals surface area contributed by atoms with Crippen molar-refractivity contribution < 1.29 is 14.6 Å². The van der Waals surface area contributed by atoms with Gasteiger partial charge in [0.15, 0.2) is 0 Å². The van der Waals surface area contributed by atoms with Crippen molar-refractivity contribution >= 4 is 5.91 Å². The predicted octanol–water partition coefficient (Wildman–Crippen LogP) is 1.71. The summed E-state index contributed by atoms with van der Waals surface area (Å²) in [4.78, 5) is 13.9. The molecule has 4 heteroatoms. The number of aliphatic hydroxyl groups excluding tert-OH is 1. The van der Waals surface area contributed by atoms with Crippen molar-refractivity contribution in [2.75, 3.05) is 13.1 Å². The van der Waals surface area contributed by atoms with Crippen molar-refractivity contribution in [3.63, 3.8) is 0 Å². The van der Waals surface area contributed by atoms with Gasteiger partial charge in [-0.15, -0.1) is 0 Å². The Morgan fingerprint density at radius 1 is 1.22 bits per heavy atom. The van der Waals surface area contributed by atoms with Gasteiger partial charge in [0.1, 0.15) is 6.10 Å². The molecule has 1 N–H and O–H groups in total. The van der Waals surface area contributed by atoms with E-state index >= 15 is 0 Å². The summed E-state index contributed by atoms with van der Waals surface area (Å²) in [5.41, 5.74) is 0. The molecule has 1 aliphatic carbocycles. The van der Waals surface area contributed by atoms with Gasteiger partial charge >= 0.3 is 0 Å². The zero-order chi connectivity index (χ0) is 13.0. The predicted molar refractivity (Wildman–Crippen MR) is 69.2 cm³/mol. The van der Waals surface area contributed by atoms with Gasteiger partial charge in [-0.1, -0.05) is 25.7 Å². The number of likely N-dealkylation sites (tertiary alicyclic amines) is 1.